The first kappa shape index (κ1) is 40.8. The van der Waals surface area contributed by atoms with Gasteiger partial charge in [-0.05, 0) is 41.7 Å². The van der Waals surface area contributed by atoms with E-state index in [9.17, 15) is 37.9 Å². The standard InChI is InChI=1S/C36H45BrF2N6O6/c1-22(46)45(15-13-28(40)34(49)43-29(35(50)51)19-42-31(47)12-14-41-32(48)18-37)33(36(2,3)4)30-16-24(26-17-25(38)10-11-27(26)39)21-44(30)20-23-8-6-5-7-9-23/h5-11,16-17,21,28-29,33H,12-15,18-20,40H2,1-4H3,(H,41,48)(H,42,47)(H,43,49)(H,50,51). The molecule has 15 heteroatoms. The predicted molar refractivity (Wildman–Crippen MR) is 192 cm³/mol. The maximum Gasteiger partial charge on any atom is 0.328 e. The van der Waals surface area contributed by atoms with Gasteiger partial charge in [-0.15, -0.1) is 0 Å². The first-order chi connectivity index (χ1) is 24.0. The van der Waals surface area contributed by atoms with Crippen molar-refractivity contribution < 1.29 is 37.9 Å². The molecule has 3 rings (SSSR count). The molecule has 276 valence electrons. The number of nitrogens with zero attached hydrogens (tertiary/aromatic N) is 2. The number of benzene rings is 2. The Bertz CT molecular complexity index is 1700. The maximum absolute atomic E-state index is 15.0. The monoisotopic (exact) mass is 774 g/mol. The van der Waals surface area contributed by atoms with Crippen molar-refractivity contribution >= 4 is 45.5 Å². The van der Waals surface area contributed by atoms with E-state index in [1.54, 1.807) is 17.2 Å². The van der Waals surface area contributed by atoms with Crippen LogP contribution in [0.15, 0.2) is 60.8 Å². The second-order valence-corrected chi connectivity index (χ2v) is 13.8. The second kappa shape index (κ2) is 18.6. The fourth-order valence-electron chi connectivity index (χ4n) is 5.64. The van der Waals surface area contributed by atoms with Crippen molar-refractivity contribution in [2.24, 2.45) is 11.1 Å². The zero-order chi connectivity index (χ0) is 37.9. The number of rotatable bonds is 17. The number of carbonyl (C=O) groups is 5. The van der Waals surface area contributed by atoms with Crippen LogP contribution in [-0.2, 0) is 30.5 Å². The molecule has 0 aliphatic rings. The van der Waals surface area contributed by atoms with Crippen LogP contribution in [0.1, 0.15) is 57.8 Å². The highest BCUT2D eigenvalue weighted by Gasteiger charge is 2.37. The van der Waals surface area contributed by atoms with Crippen LogP contribution in [0.4, 0.5) is 8.78 Å². The molecule has 3 aromatic rings. The maximum atomic E-state index is 15.0. The second-order valence-electron chi connectivity index (χ2n) is 13.2. The lowest BCUT2D eigenvalue weighted by molar-refractivity contribution is -0.142. The summed E-state index contributed by atoms with van der Waals surface area (Å²) in [6.45, 7) is 7.19. The summed E-state index contributed by atoms with van der Waals surface area (Å²) >= 11 is 2.99. The molecule has 3 atom stereocenters. The Balaban J connectivity index is 1.83. The van der Waals surface area contributed by atoms with Crippen molar-refractivity contribution in [1.82, 2.24) is 25.4 Å². The SMILES string of the molecule is CC(=O)N(CCC(N)C(=O)NC(CNC(=O)CCNC(=O)CBr)C(=O)O)C(c1cc(-c2cc(F)ccc2F)cn1Cc1ccccc1)C(C)(C)C. The zero-order valence-corrected chi connectivity index (χ0v) is 30.6. The van der Waals surface area contributed by atoms with Gasteiger partial charge in [0.1, 0.15) is 17.7 Å². The van der Waals surface area contributed by atoms with Gasteiger partial charge >= 0.3 is 5.97 Å². The molecule has 3 unspecified atom stereocenters. The van der Waals surface area contributed by atoms with Crippen LogP contribution in [0.5, 0.6) is 0 Å². The van der Waals surface area contributed by atoms with E-state index in [-0.39, 0.29) is 48.6 Å². The van der Waals surface area contributed by atoms with E-state index >= 15 is 0 Å². The minimum atomic E-state index is -1.49. The molecule has 0 saturated heterocycles. The average molecular weight is 776 g/mol. The van der Waals surface area contributed by atoms with E-state index < -0.39 is 59.5 Å². The summed E-state index contributed by atoms with van der Waals surface area (Å²) in [6.07, 6.45) is 1.58. The number of halogens is 3. The largest absolute Gasteiger partial charge is 0.480 e. The lowest BCUT2D eigenvalue weighted by Gasteiger charge is -2.41. The quantitative estimate of drug-likeness (QED) is 0.130. The molecule has 12 nitrogen and oxygen atoms in total. The van der Waals surface area contributed by atoms with Crippen molar-refractivity contribution in [2.75, 3.05) is 25.0 Å². The third kappa shape index (κ3) is 12.0. The average Bonchev–Trinajstić information content (AvgIpc) is 3.47. The lowest BCUT2D eigenvalue weighted by Crippen LogP contribution is -2.53. The topological polar surface area (TPSA) is 176 Å². The van der Waals surface area contributed by atoms with Crippen molar-refractivity contribution in [3.63, 3.8) is 0 Å². The number of aromatic nitrogens is 1. The van der Waals surface area contributed by atoms with Gasteiger partial charge in [-0.1, -0.05) is 67.0 Å². The van der Waals surface area contributed by atoms with Gasteiger partial charge in [0.05, 0.1) is 17.4 Å². The van der Waals surface area contributed by atoms with Crippen LogP contribution < -0.4 is 21.7 Å². The third-order valence-electron chi connectivity index (χ3n) is 8.11. The Hall–Kier alpha value is -4.63. The molecule has 2 aromatic carbocycles. The summed E-state index contributed by atoms with van der Waals surface area (Å²) in [5.74, 6) is -4.57. The van der Waals surface area contributed by atoms with Crippen molar-refractivity contribution in [1.29, 1.82) is 0 Å². The molecule has 51 heavy (non-hydrogen) atoms. The summed E-state index contributed by atoms with van der Waals surface area (Å²) in [7, 11) is 0. The lowest BCUT2D eigenvalue weighted by atomic mass is 9.82. The summed E-state index contributed by atoms with van der Waals surface area (Å²) in [5.41, 5.74) is 7.67. The normalized spacial score (nSPS) is 13.1. The highest BCUT2D eigenvalue weighted by molar-refractivity contribution is 9.09. The fraction of sp³-hybridized carbons (Fsp3) is 0.417. The van der Waals surface area contributed by atoms with Gasteiger partial charge in [-0.3, -0.25) is 19.2 Å². The number of amides is 4. The van der Waals surface area contributed by atoms with E-state index in [4.69, 9.17) is 5.73 Å². The third-order valence-corrected chi connectivity index (χ3v) is 8.62. The van der Waals surface area contributed by atoms with Gasteiger partial charge in [0.2, 0.25) is 23.6 Å². The highest BCUT2D eigenvalue weighted by Crippen LogP contribution is 2.41. The van der Waals surface area contributed by atoms with Gasteiger partial charge in [0.15, 0.2) is 0 Å². The van der Waals surface area contributed by atoms with Gasteiger partial charge in [-0.25, -0.2) is 13.6 Å². The highest BCUT2D eigenvalue weighted by atomic mass is 79.9. The zero-order valence-electron chi connectivity index (χ0n) is 29.0. The molecule has 4 amide bonds. The molecule has 0 aliphatic carbocycles. The van der Waals surface area contributed by atoms with Crippen LogP contribution in [0, 0.1) is 17.0 Å². The first-order valence-electron chi connectivity index (χ1n) is 16.4. The van der Waals surface area contributed by atoms with Crippen molar-refractivity contribution in [3.05, 3.63) is 83.7 Å². The Labute approximate surface area is 304 Å². The Morgan fingerprint density at radius 2 is 1.69 bits per heavy atom. The number of carboxylic acid groups (broad SMARTS) is 1. The summed E-state index contributed by atoms with van der Waals surface area (Å²) in [6, 6.07) is 11.1. The smallest absolute Gasteiger partial charge is 0.328 e. The number of alkyl halides is 1. The number of nitrogens with two attached hydrogens (primary N) is 1. The van der Waals surface area contributed by atoms with Crippen LogP contribution in [0.2, 0.25) is 0 Å². The van der Waals surface area contributed by atoms with E-state index in [2.05, 4.69) is 31.9 Å². The number of carbonyl (C=O) groups excluding carboxylic acids is 4. The molecule has 0 radical (unpaired) electrons. The van der Waals surface area contributed by atoms with Gasteiger partial charge in [0, 0.05) is 62.5 Å². The number of carboxylic acids is 1. The number of hydrogen-bond donors (Lipinski definition) is 5. The first-order valence-corrected chi connectivity index (χ1v) is 17.5. The van der Waals surface area contributed by atoms with Crippen LogP contribution in [0.25, 0.3) is 11.1 Å². The Morgan fingerprint density at radius 1 is 1.00 bits per heavy atom. The molecule has 0 bridgehead atoms. The number of hydrogen-bond acceptors (Lipinski definition) is 6. The van der Waals surface area contributed by atoms with Gasteiger partial charge in [-0.2, -0.15) is 0 Å². The fourth-order valence-corrected chi connectivity index (χ4v) is 5.83. The minimum absolute atomic E-state index is 0.000622. The van der Waals surface area contributed by atoms with Crippen LogP contribution in [0.3, 0.4) is 0 Å². The predicted octanol–water partition coefficient (Wildman–Crippen LogP) is 3.72. The molecule has 0 fully saturated rings. The van der Waals surface area contributed by atoms with Gasteiger partial charge in [0.25, 0.3) is 0 Å². The molecular formula is C36H45BrF2N6O6. The van der Waals surface area contributed by atoms with Gasteiger partial charge < -0.3 is 36.3 Å². The molecular weight excluding hydrogens is 730 g/mol. The Morgan fingerprint density at radius 3 is 2.29 bits per heavy atom. The van der Waals surface area contributed by atoms with Crippen molar-refractivity contribution in [2.45, 2.75) is 65.2 Å². The van der Waals surface area contributed by atoms with E-state index in [0.717, 1.165) is 23.8 Å². The number of nitrogens with one attached hydrogen (secondary N) is 3. The molecule has 0 saturated carbocycles. The van der Waals surface area contributed by atoms with Crippen LogP contribution in [-0.4, -0.2) is 81.2 Å². The summed E-state index contributed by atoms with van der Waals surface area (Å²) in [4.78, 5) is 63.2. The van der Waals surface area contributed by atoms with Crippen molar-refractivity contribution in [3.8, 4) is 11.1 Å². The summed E-state index contributed by atoms with van der Waals surface area (Å²) in [5, 5.41) is 17.0. The van der Waals surface area contributed by atoms with E-state index in [1.807, 2.05) is 55.7 Å². The summed E-state index contributed by atoms with van der Waals surface area (Å²) < 4.78 is 31.1. The van der Waals surface area contributed by atoms with Crippen LogP contribution >= 0.6 is 15.9 Å². The minimum Gasteiger partial charge on any atom is -0.480 e. The number of aliphatic carboxylic acids is 1. The molecule has 1 heterocycles. The van der Waals surface area contributed by atoms with E-state index in [1.165, 1.54) is 6.92 Å². The molecule has 6 N–H and O–H groups in total. The molecule has 0 spiro atoms. The van der Waals surface area contributed by atoms with E-state index in [0.29, 0.717) is 17.8 Å². The molecule has 0 aliphatic heterocycles. The molecule has 1 aromatic heterocycles. The Kier molecular flexibility index (Phi) is 14.8.